The fraction of sp³-hybridized carbons (Fsp3) is 0.536. The molecule has 0 aliphatic carbocycles. The van der Waals surface area contributed by atoms with Crippen molar-refractivity contribution in [2.45, 2.75) is 51.5 Å². The van der Waals surface area contributed by atoms with Crippen LogP contribution < -0.4 is 15.5 Å². The lowest BCUT2D eigenvalue weighted by Crippen LogP contribution is -2.39. The summed E-state index contributed by atoms with van der Waals surface area (Å²) in [6.45, 7) is 5.09. The molecule has 2 aliphatic rings. The van der Waals surface area contributed by atoms with Crippen molar-refractivity contribution < 1.29 is 9.59 Å². The fourth-order valence-corrected chi connectivity index (χ4v) is 5.17. The number of nitrogens with one attached hydrogen (secondary N) is 2. The molecule has 2 aliphatic heterocycles. The molecule has 3 heterocycles. The third-order valence-corrected chi connectivity index (χ3v) is 7.13. The van der Waals surface area contributed by atoms with Crippen molar-refractivity contribution in [1.29, 1.82) is 0 Å². The summed E-state index contributed by atoms with van der Waals surface area (Å²) in [5.41, 5.74) is 3.15. The second-order valence-electron chi connectivity index (χ2n) is 9.96. The Morgan fingerprint density at radius 1 is 1.00 bits per heavy atom. The molecule has 1 saturated heterocycles. The van der Waals surface area contributed by atoms with E-state index in [9.17, 15) is 9.59 Å². The number of hydrogen-bond donors (Lipinski definition) is 2. The van der Waals surface area contributed by atoms with Gasteiger partial charge in [0, 0.05) is 55.4 Å². The monoisotopic (exact) mass is 477 g/mol. The molecule has 2 N–H and O–H groups in total. The van der Waals surface area contributed by atoms with Crippen molar-refractivity contribution in [3.8, 4) is 0 Å². The van der Waals surface area contributed by atoms with E-state index in [-0.39, 0.29) is 11.8 Å². The Hall–Kier alpha value is -2.77. The molecule has 35 heavy (non-hydrogen) atoms. The summed E-state index contributed by atoms with van der Waals surface area (Å²) >= 11 is 0. The Labute approximate surface area is 209 Å². The third kappa shape index (κ3) is 7.12. The van der Waals surface area contributed by atoms with Crippen LogP contribution in [0, 0.1) is 5.92 Å². The first kappa shape index (κ1) is 25.3. The Balaban J connectivity index is 1.55. The molecular formula is C28H39N5O2. The number of aromatic nitrogens is 1. The van der Waals surface area contributed by atoms with Crippen molar-refractivity contribution in [2.24, 2.45) is 5.92 Å². The SMILES string of the molecule is CN1CCCC(CNC(=O)c2ccc3c(c2)CNCCCCCCCN3C(=O)c2ccncc2)C1. The molecule has 1 unspecified atom stereocenters. The van der Waals surface area contributed by atoms with Crippen molar-refractivity contribution in [1.82, 2.24) is 20.5 Å². The highest BCUT2D eigenvalue weighted by atomic mass is 16.2. The molecule has 7 nitrogen and oxygen atoms in total. The topological polar surface area (TPSA) is 77.6 Å². The number of carbonyl (C=O) groups is 2. The first-order chi connectivity index (χ1) is 17.1. The van der Waals surface area contributed by atoms with E-state index in [0.29, 0.717) is 36.7 Å². The summed E-state index contributed by atoms with van der Waals surface area (Å²) in [4.78, 5) is 34.8. The van der Waals surface area contributed by atoms with Crippen molar-refractivity contribution in [2.75, 3.05) is 44.7 Å². The quantitative estimate of drug-likeness (QED) is 0.699. The van der Waals surface area contributed by atoms with E-state index in [1.807, 2.05) is 23.1 Å². The van der Waals surface area contributed by atoms with Crippen LogP contribution in [-0.2, 0) is 6.54 Å². The molecule has 0 bridgehead atoms. The molecule has 1 aromatic carbocycles. The molecule has 4 rings (SSSR count). The van der Waals surface area contributed by atoms with E-state index in [4.69, 9.17) is 0 Å². The van der Waals surface area contributed by atoms with Gasteiger partial charge < -0.3 is 20.4 Å². The maximum atomic E-state index is 13.5. The minimum atomic E-state index is -0.0425. The number of carbonyl (C=O) groups excluding carboxylic acids is 2. The number of anilines is 1. The average molecular weight is 478 g/mol. The van der Waals surface area contributed by atoms with E-state index in [2.05, 4.69) is 27.6 Å². The van der Waals surface area contributed by atoms with Crippen LogP contribution in [0.25, 0.3) is 0 Å². The van der Waals surface area contributed by atoms with E-state index in [1.54, 1.807) is 24.5 Å². The number of likely N-dealkylation sites (tertiary alicyclic amines) is 1. The third-order valence-electron chi connectivity index (χ3n) is 7.13. The summed E-state index contributed by atoms with van der Waals surface area (Å²) in [5, 5.41) is 6.68. The highest BCUT2D eigenvalue weighted by molar-refractivity contribution is 6.06. The second kappa shape index (κ2) is 12.8. The number of hydrogen-bond acceptors (Lipinski definition) is 5. The minimum Gasteiger partial charge on any atom is -0.352 e. The molecule has 2 amide bonds. The van der Waals surface area contributed by atoms with Crippen LogP contribution in [0.3, 0.4) is 0 Å². The molecule has 1 atom stereocenters. The van der Waals surface area contributed by atoms with Crippen LogP contribution in [0.1, 0.15) is 71.2 Å². The van der Waals surface area contributed by atoms with Gasteiger partial charge in [-0.1, -0.05) is 19.3 Å². The predicted molar refractivity (Wildman–Crippen MR) is 140 cm³/mol. The van der Waals surface area contributed by atoms with Gasteiger partial charge in [0.1, 0.15) is 0 Å². The molecule has 1 aromatic heterocycles. The van der Waals surface area contributed by atoms with E-state index in [1.165, 1.54) is 19.3 Å². The number of nitrogens with zero attached hydrogens (tertiary/aromatic N) is 3. The lowest BCUT2D eigenvalue weighted by atomic mass is 9.98. The first-order valence-electron chi connectivity index (χ1n) is 13.1. The van der Waals surface area contributed by atoms with Crippen LogP contribution in [0.4, 0.5) is 5.69 Å². The standard InChI is InChI=1S/C28H39N5O2/c1-32-16-7-8-22(21-32)19-31-27(34)24-9-10-26-25(18-24)20-30-13-5-3-2-4-6-17-33(26)28(35)23-11-14-29-15-12-23/h9-12,14-15,18,22,30H,2-8,13,16-17,19-21H2,1H3,(H,31,34). The summed E-state index contributed by atoms with van der Waals surface area (Å²) in [6.07, 6.45) is 11.2. The molecule has 7 heteroatoms. The van der Waals surface area contributed by atoms with Gasteiger partial charge in [0.25, 0.3) is 11.8 Å². The minimum absolute atomic E-state index is 0.0238. The van der Waals surface area contributed by atoms with Crippen LogP contribution in [0.15, 0.2) is 42.7 Å². The van der Waals surface area contributed by atoms with Gasteiger partial charge >= 0.3 is 0 Å². The molecule has 2 aromatic rings. The van der Waals surface area contributed by atoms with Gasteiger partial charge in [-0.2, -0.15) is 0 Å². The van der Waals surface area contributed by atoms with Gasteiger partial charge in [0.05, 0.1) is 0 Å². The van der Waals surface area contributed by atoms with E-state index < -0.39 is 0 Å². The highest BCUT2D eigenvalue weighted by Gasteiger charge is 2.22. The highest BCUT2D eigenvalue weighted by Crippen LogP contribution is 2.26. The zero-order valence-electron chi connectivity index (χ0n) is 21.0. The predicted octanol–water partition coefficient (Wildman–Crippen LogP) is 3.85. The fourth-order valence-electron chi connectivity index (χ4n) is 5.17. The van der Waals surface area contributed by atoms with Crippen LogP contribution in [-0.4, -0.2) is 61.5 Å². The summed E-state index contributed by atoms with van der Waals surface area (Å²) in [7, 11) is 2.14. The summed E-state index contributed by atoms with van der Waals surface area (Å²) < 4.78 is 0. The number of amides is 2. The van der Waals surface area contributed by atoms with Crippen LogP contribution in [0.2, 0.25) is 0 Å². The molecule has 0 spiro atoms. The number of benzene rings is 1. The Kier molecular flexibility index (Phi) is 9.26. The lowest BCUT2D eigenvalue weighted by molar-refractivity contribution is 0.0936. The van der Waals surface area contributed by atoms with Gasteiger partial charge in [-0.3, -0.25) is 14.6 Å². The molecule has 0 radical (unpaired) electrons. The largest absolute Gasteiger partial charge is 0.352 e. The molecule has 188 valence electrons. The zero-order valence-corrected chi connectivity index (χ0v) is 21.0. The Morgan fingerprint density at radius 2 is 1.80 bits per heavy atom. The maximum Gasteiger partial charge on any atom is 0.258 e. The molecular weight excluding hydrogens is 438 g/mol. The number of rotatable bonds is 4. The number of fused-ring (bicyclic) bond motifs is 1. The van der Waals surface area contributed by atoms with Gasteiger partial charge in [-0.15, -0.1) is 0 Å². The van der Waals surface area contributed by atoms with Gasteiger partial charge in [0.2, 0.25) is 0 Å². The Morgan fingerprint density at radius 3 is 2.63 bits per heavy atom. The van der Waals surface area contributed by atoms with E-state index in [0.717, 1.165) is 56.6 Å². The first-order valence-corrected chi connectivity index (χ1v) is 13.1. The van der Waals surface area contributed by atoms with Crippen molar-refractivity contribution >= 4 is 17.5 Å². The number of piperidine rings is 1. The van der Waals surface area contributed by atoms with Crippen molar-refractivity contribution in [3.05, 3.63) is 59.4 Å². The normalized spacial score (nSPS) is 20.3. The average Bonchev–Trinajstić information content (AvgIpc) is 2.88. The van der Waals surface area contributed by atoms with E-state index >= 15 is 0 Å². The maximum absolute atomic E-state index is 13.5. The molecule has 0 saturated carbocycles. The number of pyridine rings is 1. The molecule has 1 fully saturated rings. The Bertz CT molecular complexity index is 981. The second-order valence-corrected chi connectivity index (χ2v) is 9.96. The van der Waals surface area contributed by atoms with Gasteiger partial charge in [-0.05, 0) is 87.6 Å². The lowest BCUT2D eigenvalue weighted by Gasteiger charge is -2.29. The van der Waals surface area contributed by atoms with Gasteiger partial charge in [0.15, 0.2) is 0 Å². The van der Waals surface area contributed by atoms with Crippen LogP contribution >= 0.6 is 0 Å². The van der Waals surface area contributed by atoms with Crippen LogP contribution in [0.5, 0.6) is 0 Å². The summed E-state index contributed by atoms with van der Waals surface area (Å²) in [6, 6.07) is 9.30. The zero-order chi connectivity index (χ0) is 24.5. The summed E-state index contributed by atoms with van der Waals surface area (Å²) in [5.74, 6) is 0.431. The smallest absolute Gasteiger partial charge is 0.258 e. The van der Waals surface area contributed by atoms with Crippen molar-refractivity contribution in [3.63, 3.8) is 0 Å². The van der Waals surface area contributed by atoms with Gasteiger partial charge in [-0.25, -0.2) is 0 Å².